The second kappa shape index (κ2) is 5.64. The van der Waals surface area contributed by atoms with E-state index in [-0.39, 0.29) is 10.6 Å². The average Bonchev–Trinajstić information content (AvgIpc) is 2.08. The highest BCUT2D eigenvalue weighted by atomic mass is 35.5. The second-order valence-corrected chi connectivity index (χ2v) is 5.19. The van der Waals surface area contributed by atoms with Crippen LogP contribution in [-0.2, 0) is 4.79 Å². The minimum Gasteiger partial charge on any atom is -0.478 e. The molecule has 1 atom stereocenters. The lowest BCUT2D eigenvalue weighted by Crippen LogP contribution is -2.09. The largest absolute Gasteiger partial charge is 0.478 e. The molecule has 0 aliphatic heterocycles. The molecule has 1 unspecified atom stereocenters. The van der Waals surface area contributed by atoms with Gasteiger partial charge in [0.05, 0.1) is 5.02 Å². The number of carbonyl (C=O) groups excluding carboxylic acids is 1. The van der Waals surface area contributed by atoms with Crippen molar-refractivity contribution in [2.45, 2.75) is 19.3 Å². The van der Waals surface area contributed by atoms with Gasteiger partial charge < -0.3 is 4.74 Å². The number of hydrogen-bond donors (Lipinski definition) is 0. The van der Waals surface area contributed by atoms with Crippen molar-refractivity contribution >= 4 is 40.1 Å². The first-order chi connectivity index (χ1) is 6.99. The van der Waals surface area contributed by atoms with Gasteiger partial charge in [0.25, 0.3) is 0 Å². The number of rotatable bonds is 3. The van der Waals surface area contributed by atoms with Gasteiger partial charge in [0.1, 0.15) is 11.2 Å². The first-order valence-corrected chi connectivity index (χ1v) is 5.91. The first-order valence-electron chi connectivity index (χ1n) is 4.28. The summed E-state index contributed by atoms with van der Waals surface area (Å²) in [7, 11) is 0. The first kappa shape index (κ1) is 12.7. The lowest BCUT2D eigenvalue weighted by Gasteiger charge is -2.13. The number of thioether (sulfide) groups is 1. The van der Waals surface area contributed by atoms with E-state index in [1.165, 1.54) is 6.92 Å². The maximum atomic E-state index is 10.8. The van der Waals surface area contributed by atoms with Crippen LogP contribution < -0.4 is 4.74 Å². The zero-order chi connectivity index (χ0) is 11.4. The molecule has 0 fully saturated rings. The van der Waals surface area contributed by atoms with Crippen LogP contribution in [0.2, 0.25) is 10.0 Å². The molecule has 1 rings (SSSR count). The predicted molar refractivity (Wildman–Crippen MR) is 64.8 cm³/mol. The van der Waals surface area contributed by atoms with E-state index in [4.69, 9.17) is 27.9 Å². The van der Waals surface area contributed by atoms with Gasteiger partial charge in [0, 0.05) is 11.9 Å². The van der Waals surface area contributed by atoms with Gasteiger partial charge >= 0.3 is 0 Å². The second-order valence-electron chi connectivity index (χ2n) is 2.87. The van der Waals surface area contributed by atoms with E-state index in [0.29, 0.717) is 15.8 Å². The van der Waals surface area contributed by atoms with E-state index in [9.17, 15) is 4.79 Å². The third-order valence-electron chi connectivity index (χ3n) is 1.52. The van der Waals surface area contributed by atoms with Crippen LogP contribution in [0.25, 0.3) is 0 Å². The van der Waals surface area contributed by atoms with Crippen molar-refractivity contribution in [3.63, 3.8) is 0 Å². The van der Waals surface area contributed by atoms with Crippen LogP contribution >= 0.6 is 35.0 Å². The van der Waals surface area contributed by atoms with Crippen molar-refractivity contribution in [1.29, 1.82) is 0 Å². The van der Waals surface area contributed by atoms with Gasteiger partial charge in [-0.2, -0.15) is 0 Å². The number of ether oxygens (including phenoxy) is 1. The van der Waals surface area contributed by atoms with E-state index in [2.05, 4.69) is 0 Å². The van der Waals surface area contributed by atoms with Crippen LogP contribution in [-0.4, -0.2) is 10.6 Å². The van der Waals surface area contributed by atoms with Gasteiger partial charge in [-0.15, -0.1) is 0 Å². The monoisotopic (exact) mass is 264 g/mol. The van der Waals surface area contributed by atoms with Gasteiger partial charge in [-0.25, -0.2) is 0 Å². The smallest absolute Gasteiger partial charge is 0.189 e. The molecular formula is C10H10Cl2O2S. The highest BCUT2D eigenvalue weighted by Crippen LogP contribution is 2.29. The quantitative estimate of drug-likeness (QED) is 0.773. The molecule has 0 aliphatic rings. The maximum absolute atomic E-state index is 10.8. The van der Waals surface area contributed by atoms with Crippen LogP contribution in [0, 0.1) is 0 Å². The number of halogens is 2. The Morgan fingerprint density at radius 2 is 2.13 bits per heavy atom. The molecule has 5 heteroatoms. The number of hydrogen-bond acceptors (Lipinski definition) is 3. The van der Waals surface area contributed by atoms with Gasteiger partial charge in [-0.05, 0) is 36.9 Å². The molecule has 82 valence electrons. The van der Waals surface area contributed by atoms with E-state index in [1.54, 1.807) is 25.1 Å². The van der Waals surface area contributed by atoms with Crippen molar-refractivity contribution in [3.8, 4) is 5.75 Å². The molecular weight excluding hydrogens is 255 g/mol. The minimum absolute atomic E-state index is 0.00702. The summed E-state index contributed by atoms with van der Waals surface area (Å²) >= 11 is 12.8. The van der Waals surface area contributed by atoms with E-state index in [0.717, 1.165) is 11.8 Å². The molecule has 15 heavy (non-hydrogen) atoms. The summed E-state index contributed by atoms with van der Waals surface area (Å²) in [6.07, 6.45) is 0. The molecule has 0 saturated heterocycles. The summed E-state index contributed by atoms with van der Waals surface area (Å²) < 4.78 is 5.46. The third-order valence-corrected chi connectivity index (χ3v) is 2.81. The molecule has 0 spiro atoms. The Hall–Kier alpha value is -0.380. The fourth-order valence-corrected chi connectivity index (χ4v) is 2.08. The van der Waals surface area contributed by atoms with Gasteiger partial charge in [0.15, 0.2) is 5.12 Å². The topological polar surface area (TPSA) is 26.3 Å². The number of carbonyl (C=O) groups is 1. The van der Waals surface area contributed by atoms with Crippen molar-refractivity contribution in [1.82, 2.24) is 0 Å². The summed E-state index contributed by atoms with van der Waals surface area (Å²) in [4.78, 5) is 10.8. The molecule has 2 nitrogen and oxygen atoms in total. The summed E-state index contributed by atoms with van der Waals surface area (Å²) in [5.74, 6) is 0.530. The molecule has 0 amide bonds. The number of benzene rings is 1. The van der Waals surface area contributed by atoms with Crippen LogP contribution in [0.1, 0.15) is 13.8 Å². The maximum Gasteiger partial charge on any atom is 0.189 e. The normalized spacial score (nSPS) is 12.3. The Balaban J connectivity index is 2.68. The minimum atomic E-state index is -0.263. The third kappa shape index (κ3) is 4.33. The Labute approximate surface area is 103 Å². The van der Waals surface area contributed by atoms with Crippen molar-refractivity contribution in [2.24, 2.45) is 0 Å². The molecule has 0 aromatic heterocycles. The predicted octanol–water partition coefficient (Wildman–Crippen LogP) is 4.00. The summed E-state index contributed by atoms with van der Waals surface area (Å²) in [5, 5.41) is 1.00. The Morgan fingerprint density at radius 1 is 1.47 bits per heavy atom. The Kier molecular flexibility index (Phi) is 4.77. The molecule has 0 bridgehead atoms. The van der Waals surface area contributed by atoms with Gasteiger partial charge in [-0.3, -0.25) is 4.79 Å². The summed E-state index contributed by atoms with van der Waals surface area (Å²) in [5.41, 5.74) is -0.263. The average molecular weight is 265 g/mol. The Bertz CT molecular complexity index is 368. The van der Waals surface area contributed by atoms with Crippen LogP contribution in [0.4, 0.5) is 0 Å². The molecule has 1 aromatic carbocycles. The highest BCUT2D eigenvalue weighted by Gasteiger charge is 2.10. The molecule has 0 N–H and O–H groups in total. The molecule has 0 heterocycles. The zero-order valence-corrected chi connectivity index (χ0v) is 10.6. The van der Waals surface area contributed by atoms with E-state index in [1.807, 2.05) is 0 Å². The summed E-state index contributed by atoms with van der Waals surface area (Å²) in [6.45, 7) is 3.28. The standard InChI is InChI=1S/C10H10Cl2O2S/c1-6(13)15-7(2)14-10-4-3-8(11)5-9(10)12/h3-5,7H,1-2H3. The summed E-state index contributed by atoms with van der Waals surface area (Å²) in [6, 6.07) is 4.97. The fourth-order valence-electron chi connectivity index (χ4n) is 1.01. The van der Waals surface area contributed by atoms with Crippen molar-refractivity contribution < 1.29 is 9.53 Å². The van der Waals surface area contributed by atoms with Gasteiger partial charge in [-0.1, -0.05) is 23.2 Å². The van der Waals surface area contributed by atoms with Crippen LogP contribution in [0.15, 0.2) is 18.2 Å². The fraction of sp³-hybridized carbons (Fsp3) is 0.300. The molecule has 0 saturated carbocycles. The van der Waals surface area contributed by atoms with Crippen LogP contribution in [0.3, 0.4) is 0 Å². The molecule has 0 radical (unpaired) electrons. The Morgan fingerprint density at radius 3 is 2.67 bits per heavy atom. The SMILES string of the molecule is CC(=O)SC(C)Oc1ccc(Cl)cc1Cl. The molecule has 0 aliphatic carbocycles. The lowest BCUT2D eigenvalue weighted by atomic mass is 10.3. The van der Waals surface area contributed by atoms with Gasteiger partial charge in [0.2, 0.25) is 0 Å². The van der Waals surface area contributed by atoms with E-state index < -0.39 is 0 Å². The zero-order valence-electron chi connectivity index (χ0n) is 8.29. The van der Waals surface area contributed by atoms with Crippen LogP contribution in [0.5, 0.6) is 5.75 Å². The van der Waals surface area contributed by atoms with Crippen molar-refractivity contribution in [2.75, 3.05) is 0 Å². The lowest BCUT2D eigenvalue weighted by molar-refractivity contribution is -0.109. The highest BCUT2D eigenvalue weighted by molar-refractivity contribution is 8.13. The van der Waals surface area contributed by atoms with E-state index >= 15 is 0 Å². The van der Waals surface area contributed by atoms with Crippen molar-refractivity contribution in [3.05, 3.63) is 28.2 Å². The molecule has 1 aromatic rings.